The van der Waals surface area contributed by atoms with Crippen LogP contribution in [-0.2, 0) is 0 Å². The first-order valence-electron chi connectivity index (χ1n) is 4.86. The van der Waals surface area contributed by atoms with Crippen molar-refractivity contribution in [2.24, 2.45) is 0 Å². The zero-order valence-electron chi connectivity index (χ0n) is 9.89. The van der Waals surface area contributed by atoms with Gasteiger partial charge in [0.25, 0.3) is 0 Å². The Hall–Kier alpha value is -1.00. The van der Waals surface area contributed by atoms with Gasteiger partial charge in [-0.2, -0.15) is 0 Å². The van der Waals surface area contributed by atoms with E-state index in [4.69, 9.17) is 6.42 Å². The molecular formula is C13H20Si. The van der Waals surface area contributed by atoms with E-state index in [2.05, 4.69) is 63.3 Å². The summed E-state index contributed by atoms with van der Waals surface area (Å²) < 4.78 is 0. The van der Waals surface area contributed by atoms with E-state index in [-0.39, 0.29) is 0 Å². The van der Waals surface area contributed by atoms with E-state index in [1.54, 1.807) is 0 Å². The Labute approximate surface area is 89.4 Å². The molecule has 0 spiro atoms. The Balaban J connectivity index is 0.000000255. The van der Waals surface area contributed by atoms with E-state index in [9.17, 15) is 0 Å². The van der Waals surface area contributed by atoms with Gasteiger partial charge in [-0.3, -0.25) is 0 Å². The van der Waals surface area contributed by atoms with Crippen LogP contribution in [0.2, 0.25) is 19.6 Å². The number of aryl methyl sites for hydroxylation is 2. The summed E-state index contributed by atoms with van der Waals surface area (Å²) >= 11 is 0. The van der Waals surface area contributed by atoms with E-state index in [1.807, 2.05) is 0 Å². The molecule has 0 aromatic heterocycles. The molecule has 76 valence electrons. The minimum atomic E-state index is -1.10. The number of rotatable bonds is 0. The van der Waals surface area contributed by atoms with Crippen molar-refractivity contribution in [1.82, 2.24) is 0 Å². The van der Waals surface area contributed by atoms with Gasteiger partial charge in [0.2, 0.25) is 0 Å². The van der Waals surface area contributed by atoms with Gasteiger partial charge in [0.1, 0.15) is 8.07 Å². The number of benzene rings is 1. The summed E-state index contributed by atoms with van der Waals surface area (Å²) in [6, 6.07) is 8.45. The molecule has 0 nitrogen and oxygen atoms in total. The highest BCUT2D eigenvalue weighted by molar-refractivity contribution is 6.83. The van der Waals surface area contributed by atoms with Crippen molar-refractivity contribution in [2.75, 3.05) is 0 Å². The third-order valence-corrected chi connectivity index (χ3v) is 2.47. The minimum absolute atomic E-state index is 1.10. The smallest absolute Gasteiger partial charge is 0.128 e. The Morgan fingerprint density at radius 3 is 1.57 bits per heavy atom. The van der Waals surface area contributed by atoms with Crippen molar-refractivity contribution in [3.05, 3.63) is 35.4 Å². The van der Waals surface area contributed by atoms with Crippen LogP contribution < -0.4 is 0 Å². The maximum Gasteiger partial charge on any atom is 0.128 e. The lowest BCUT2D eigenvalue weighted by molar-refractivity contribution is 1.39. The molecule has 0 aliphatic heterocycles. The highest BCUT2D eigenvalue weighted by atomic mass is 28.3. The van der Waals surface area contributed by atoms with Crippen LogP contribution in [0.3, 0.4) is 0 Å². The van der Waals surface area contributed by atoms with Crippen LogP contribution in [-0.4, -0.2) is 8.07 Å². The third-order valence-electron chi connectivity index (χ3n) is 1.61. The molecular weight excluding hydrogens is 184 g/mol. The van der Waals surface area contributed by atoms with E-state index in [1.165, 1.54) is 11.1 Å². The fourth-order valence-electron chi connectivity index (χ4n) is 0.807. The van der Waals surface area contributed by atoms with Gasteiger partial charge in [-0.1, -0.05) is 55.0 Å². The lowest BCUT2D eigenvalue weighted by Gasteiger charge is -2.00. The van der Waals surface area contributed by atoms with E-state index in [0.29, 0.717) is 0 Å². The summed E-state index contributed by atoms with van der Waals surface area (Å²) in [4.78, 5) is 0. The van der Waals surface area contributed by atoms with Crippen molar-refractivity contribution in [2.45, 2.75) is 33.5 Å². The molecule has 0 amide bonds. The first-order valence-corrected chi connectivity index (χ1v) is 8.36. The molecule has 0 N–H and O–H groups in total. The quantitative estimate of drug-likeness (QED) is 0.445. The highest BCUT2D eigenvalue weighted by Gasteiger charge is 2.05. The molecule has 0 atom stereocenters. The van der Waals surface area contributed by atoms with Gasteiger partial charge in [-0.05, 0) is 13.8 Å². The third kappa shape index (κ3) is 7.64. The monoisotopic (exact) mass is 204 g/mol. The van der Waals surface area contributed by atoms with Gasteiger partial charge in [-0.25, -0.2) is 0 Å². The SMILES string of the molecule is C#C[Si](C)(C)C.Cc1cccc(C)c1. The molecule has 0 unspecified atom stereocenters. The molecule has 1 rings (SSSR count). The van der Waals surface area contributed by atoms with Crippen LogP contribution >= 0.6 is 0 Å². The van der Waals surface area contributed by atoms with E-state index >= 15 is 0 Å². The van der Waals surface area contributed by atoms with E-state index in [0.717, 1.165) is 0 Å². The van der Waals surface area contributed by atoms with Gasteiger partial charge < -0.3 is 0 Å². The van der Waals surface area contributed by atoms with Crippen LogP contribution in [0.5, 0.6) is 0 Å². The molecule has 0 saturated carbocycles. The van der Waals surface area contributed by atoms with Gasteiger partial charge >= 0.3 is 0 Å². The van der Waals surface area contributed by atoms with Crippen molar-refractivity contribution in [1.29, 1.82) is 0 Å². The molecule has 1 aromatic rings. The molecule has 1 aromatic carbocycles. The first kappa shape index (κ1) is 13.0. The average molecular weight is 204 g/mol. The molecule has 0 aliphatic carbocycles. The van der Waals surface area contributed by atoms with Gasteiger partial charge in [0, 0.05) is 0 Å². The zero-order valence-corrected chi connectivity index (χ0v) is 10.9. The molecule has 14 heavy (non-hydrogen) atoms. The van der Waals surface area contributed by atoms with Crippen LogP contribution in [0.25, 0.3) is 0 Å². The number of hydrogen-bond acceptors (Lipinski definition) is 0. The lowest BCUT2D eigenvalue weighted by Crippen LogP contribution is -2.15. The summed E-state index contributed by atoms with van der Waals surface area (Å²) in [5.41, 5.74) is 5.42. The Morgan fingerprint density at radius 1 is 1.07 bits per heavy atom. The van der Waals surface area contributed by atoms with Crippen LogP contribution in [0.1, 0.15) is 11.1 Å². The largest absolute Gasteiger partial charge is 0.135 e. The fourth-order valence-corrected chi connectivity index (χ4v) is 0.807. The van der Waals surface area contributed by atoms with Crippen molar-refractivity contribution < 1.29 is 0 Å². The Bertz CT molecular complexity index is 295. The second kappa shape index (κ2) is 5.67. The van der Waals surface area contributed by atoms with Crippen LogP contribution in [0, 0.1) is 25.8 Å². The van der Waals surface area contributed by atoms with E-state index < -0.39 is 8.07 Å². The summed E-state index contributed by atoms with van der Waals surface area (Å²) in [7, 11) is -1.10. The van der Waals surface area contributed by atoms with Crippen LogP contribution in [0.15, 0.2) is 24.3 Å². The average Bonchev–Trinajstić information content (AvgIpc) is 2.03. The zero-order chi connectivity index (χ0) is 11.2. The van der Waals surface area contributed by atoms with Crippen LogP contribution in [0.4, 0.5) is 0 Å². The molecule has 0 heterocycles. The van der Waals surface area contributed by atoms with Gasteiger partial charge in [0.05, 0.1) is 0 Å². The predicted octanol–water partition coefficient (Wildman–Crippen LogP) is 3.80. The predicted molar refractivity (Wildman–Crippen MR) is 68.1 cm³/mol. The minimum Gasteiger partial charge on any atom is -0.135 e. The Kier molecular flexibility index (Phi) is 5.26. The molecule has 0 fully saturated rings. The molecule has 0 radical (unpaired) electrons. The molecule has 0 aliphatic rings. The summed E-state index contributed by atoms with van der Waals surface area (Å²) in [6.45, 7) is 10.6. The summed E-state index contributed by atoms with van der Waals surface area (Å²) in [6.07, 6.45) is 5.12. The summed E-state index contributed by atoms with van der Waals surface area (Å²) in [5.74, 6) is 0. The topological polar surface area (TPSA) is 0 Å². The number of terminal acetylenes is 1. The van der Waals surface area contributed by atoms with Gasteiger partial charge in [0.15, 0.2) is 0 Å². The maximum atomic E-state index is 5.12. The number of hydrogen-bond donors (Lipinski definition) is 0. The first-order chi connectivity index (χ1) is 6.35. The van der Waals surface area contributed by atoms with Crippen molar-refractivity contribution in [3.8, 4) is 12.0 Å². The molecule has 0 saturated heterocycles. The fraction of sp³-hybridized carbons (Fsp3) is 0.385. The molecule has 0 bridgehead atoms. The van der Waals surface area contributed by atoms with Crippen molar-refractivity contribution in [3.63, 3.8) is 0 Å². The normalized spacial score (nSPS) is 9.71. The highest BCUT2D eigenvalue weighted by Crippen LogP contribution is 2.00. The Morgan fingerprint density at radius 2 is 1.43 bits per heavy atom. The second-order valence-corrected chi connectivity index (χ2v) is 9.34. The standard InChI is InChI=1S/C8H10.C5H10Si/c1-7-4-3-5-8(2)6-7;1-5-6(2,3)4/h3-6H,1-2H3;1H,2-4H3. The van der Waals surface area contributed by atoms with Gasteiger partial charge in [-0.15, -0.1) is 12.0 Å². The molecule has 1 heteroatoms. The maximum absolute atomic E-state index is 5.12. The second-order valence-electron chi connectivity index (χ2n) is 4.55. The lowest BCUT2D eigenvalue weighted by atomic mass is 10.2. The van der Waals surface area contributed by atoms with Crippen molar-refractivity contribution >= 4 is 8.07 Å². The summed E-state index contributed by atoms with van der Waals surface area (Å²) in [5, 5.41) is 0.